The lowest BCUT2D eigenvalue weighted by molar-refractivity contribution is -0.133. The first kappa shape index (κ1) is 16.9. The lowest BCUT2D eigenvalue weighted by Crippen LogP contribution is -2.42. The fraction of sp³-hybridized carbons (Fsp3) is 0.846. The highest BCUT2D eigenvalue weighted by molar-refractivity contribution is 5.81. The predicted octanol–water partition coefficient (Wildman–Crippen LogP) is 0.655. The highest BCUT2D eigenvalue weighted by Crippen LogP contribution is 1.94. The highest BCUT2D eigenvalue weighted by Gasteiger charge is 2.15. The standard InChI is InChI=1S/C13H27N3O2/c1-6-8-15(4)12(17)10-14(3)11-13(18)16(5)9-7-2/h6-11H2,1-5H3. The van der Waals surface area contributed by atoms with Gasteiger partial charge in [-0.15, -0.1) is 0 Å². The first-order valence-corrected chi connectivity index (χ1v) is 6.58. The molecule has 0 heterocycles. The fourth-order valence-electron chi connectivity index (χ4n) is 1.68. The maximum atomic E-state index is 11.8. The fourth-order valence-corrected chi connectivity index (χ4v) is 1.68. The van der Waals surface area contributed by atoms with Crippen molar-refractivity contribution in [1.29, 1.82) is 0 Å². The third-order valence-corrected chi connectivity index (χ3v) is 2.78. The van der Waals surface area contributed by atoms with Gasteiger partial charge in [-0.05, 0) is 19.9 Å². The number of rotatable bonds is 8. The summed E-state index contributed by atoms with van der Waals surface area (Å²) in [4.78, 5) is 28.7. The Morgan fingerprint density at radius 2 is 1.11 bits per heavy atom. The van der Waals surface area contributed by atoms with Gasteiger partial charge in [-0.1, -0.05) is 13.8 Å². The first-order valence-electron chi connectivity index (χ1n) is 6.58. The van der Waals surface area contributed by atoms with Crippen molar-refractivity contribution in [3.05, 3.63) is 0 Å². The molecule has 0 unspecified atom stereocenters. The molecule has 0 aliphatic rings. The molecule has 0 rings (SSSR count). The van der Waals surface area contributed by atoms with Crippen LogP contribution in [-0.4, -0.2) is 73.8 Å². The number of carbonyl (C=O) groups excluding carboxylic acids is 2. The van der Waals surface area contributed by atoms with Crippen LogP contribution in [0.25, 0.3) is 0 Å². The molecule has 0 saturated heterocycles. The quantitative estimate of drug-likeness (QED) is 0.641. The summed E-state index contributed by atoms with van der Waals surface area (Å²) in [7, 11) is 5.39. The Bertz CT molecular complexity index is 243. The van der Waals surface area contributed by atoms with Crippen molar-refractivity contribution in [3.8, 4) is 0 Å². The van der Waals surface area contributed by atoms with E-state index >= 15 is 0 Å². The molecule has 0 saturated carbocycles. The molecule has 0 fully saturated rings. The van der Waals surface area contributed by atoms with Crippen LogP contribution in [0.15, 0.2) is 0 Å². The third-order valence-electron chi connectivity index (χ3n) is 2.78. The molecule has 5 heteroatoms. The van der Waals surface area contributed by atoms with E-state index in [1.54, 1.807) is 35.8 Å². The summed E-state index contributed by atoms with van der Waals surface area (Å²) in [6.45, 7) is 6.19. The summed E-state index contributed by atoms with van der Waals surface area (Å²) in [6.07, 6.45) is 1.90. The lowest BCUT2D eigenvalue weighted by Gasteiger charge is -2.23. The zero-order chi connectivity index (χ0) is 14.1. The largest absolute Gasteiger partial charge is 0.345 e. The third kappa shape index (κ3) is 6.59. The monoisotopic (exact) mass is 257 g/mol. The molecule has 0 aliphatic heterocycles. The topological polar surface area (TPSA) is 43.9 Å². The van der Waals surface area contributed by atoms with Crippen LogP contribution in [-0.2, 0) is 9.59 Å². The zero-order valence-corrected chi connectivity index (χ0v) is 12.4. The van der Waals surface area contributed by atoms with E-state index in [2.05, 4.69) is 0 Å². The van der Waals surface area contributed by atoms with Crippen LogP contribution in [0.5, 0.6) is 0 Å². The zero-order valence-electron chi connectivity index (χ0n) is 12.4. The van der Waals surface area contributed by atoms with Crippen molar-refractivity contribution in [3.63, 3.8) is 0 Å². The minimum atomic E-state index is 0.0605. The van der Waals surface area contributed by atoms with Gasteiger partial charge in [-0.25, -0.2) is 0 Å². The van der Waals surface area contributed by atoms with Gasteiger partial charge >= 0.3 is 0 Å². The van der Waals surface area contributed by atoms with Crippen LogP contribution in [0.3, 0.4) is 0 Å². The Balaban J connectivity index is 4.06. The summed E-state index contributed by atoms with van der Waals surface area (Å²) in [5.74, 6) is 0.121. The average Bonchev–Trinajstić information content (AvgIpc) is 2.29. The van der Waals surface area contributed by atoms with E-state index in [-0.39, 0.29) is 11.8 Å². The summed E-state index contributed by atoms with van der Waals surface area (Å²) >= 11 is 0. The van der Waals surface area contributed by atoms with Crippen LogP contribution in [0.2, 0.25) is 0 Å². The number of hydrogen-bond donors (Lipinski definition) is 0. The van der Waals surface area contributed by atoms with E-state index in [9.17, 15) is 9.59 Å². The molecule has 0 aromatic rings. The molecule has 2 amide bonds. The van der Waals surface area contributed by atoms with Crippen LogP contribution in [0.4, 0.5) is 0 Å². The maximum Gasteiger partial charge on any atom is 0.236 e. The number of hydrogen-bond acceptors (Lipinski definition) is 3. The normalized spacial score (nSPS) is 10.6. The van der Waals surface area contributed by atoms with E-state index in [1.807, 2.05) is 13.8 Å². The summed E-state index contributed by atoms with van der Waals surface area (Å²) in [5, 5.41) is 0. The van der Waals surface area contributed by atoms with E-state index in [4.69, 9.17) is 0 Å². The van der Waals surface area contributed by atoms with Gasteiger partial charge in [0.25, 0.3) is 0 Å². The maximum absolute atomic E-state index is 11.8. The van der Waals surface area contributed by atoms with E-state index in [0.29, 0.717) is 13.1 Å². The van der Waals surface area contributed by atoms with Gasteiger partial charge < -0.3 is 9.80 Å². The van der Waals surface area contributed by atoms with Gasteiger partial charge in [0, 0.05) is 27.2 Å². The second-order valence-electron chi connectivity index (χ2n) is 4.80. The molecule has 5 nitrogen and oxygen atoms in total. The number of nitrogens with zero attached hydrogens (tertiary/aromatic N) is 3. The number of amides is 2. The summed E-state index contributed by atoms with van der Waals surface area (Å²) in [5.41, 5.74) is 0. The molecular formula is C13H27N3O2. The van der Waals surface area contributed by atoms with Crippen LogP contribution >= 0.6 is 0 Å². The second kappa shape index (κ2) is 8.91. The minimum absolute atomic E-state index is 0.0605. The lowest BCUT2D eigenvalue weighted by atomic mass is 10.3. The van der Waals surface area contributed by atoms with E-state index in [1.165, 1.54) is 0 Å². The van der Waals surface area contributed by atoms with Gasteiger partial charge in [0.15, 0.2) is 0 Å². The Labute approximate surface area is 111 Å². The van der Waals surface area contributed by atoms with E-state index in [0.717, 1.165) is 25.9 Å². The van der Waals surface area contributed by atoms with Crippen LogP contribution in [0.1, 0.15) is 26.7 Å². The predicted molar refractivity (Wildman–Crippen MR) is 73.4 cm³/mol. The Hall–Kier alpha value is -1.10. The summed E-state index contributed by atoms with van der Waals surface area (Å²) in [6, 6.07) is 0. The molecular weight excluding hydrogens is 230 g/mol. The molecule has 0 aromatic heterocycles. The van der Waals surface area contributed by atoms with Gasteiger partial charge in [0.05, 0.1) is 13.1 Å². The molecule has 0 atom stereocenters. The Morgan fingerprint density at radius 1 is 0.778 bits per heavy atom. The van der Waals surface area contributed by atoms with Crippen molar-refractivity contribution in [2.24, 2.45) is 0 Å². The number of carbonyl (C=O) groups is 2. The van der Waals surface area contributed by atoms with Gasteiger partial charge in [-0.3, -0.25) is 14.5 Å². The van der Waals surface area contributed by atoms with Crippen molar-refractivity contribution < 1.29 is 9.59 Å². The van der Waals surface area contributed by atoms with Gasteiger partial charge in [0.2, 0.25) is 11.8 Å². The van der Waals surface area contributed by atoms with Crippen molar-refractivity contribution in [1.82, 2.24) is 14.7 Å². The Morgan fingerprint density at radius 3 is 1.39 bits per heavy atom. The molecule has 0 aliphatic carbocycles. The van der Waals surface area contributed by atoms with Crippen LogP contribution in [0, 0.1) is 0 Å². The van der Waals surface area contributed by atoms with Crippen molar-refractivity contribution in [2.75, 3.05) is 47.3 Å². The van der Waals surface area contributed by atoms with Crippen molar-refractivity contribution >= 4 is 11.8 Å². The van der Waals surface area contributed by atoms with Crippen LogP contribution < -0.4 is 0 Å². The molecule has 0 bridgehead atoms. The Kier molecular flexibility index (Phi) is 8.37. The van der Waals surface area contributed by atoms with Gasteiger partial charge in [-0.2, -0.15) is 0 Å². The molecule has 0 aromatic carbocycles. The molecule has 106 valence electrons. The minimum Gasteiger partial charge on any atom is -0.345 e. The molecule has 18 heavy (non-hydrogen) atoms. The molecule has 0 radical (unpaired) electrons. The second-order valence-corrected chi connectivity index (χ2v) is 4.80. The SMILES string of the molecule is CCCN(C)C(=O)CN(C)CC(=O)N(C)CCC. The van der Waals surface area contributed by atoms with Gasteiger partial charge in [0.1, 0.15) is 0 Å². The molecule has 0 N–H and O–H groups in total. The highest BCUT2D eigenvalue weighted by atomic mass is 16.2. The number of likely N-dealkylation sites (N-methyl/N-ethyl adjacent to an activating group) is 3. The molecule has 0 spiro atoms. The average molecular weight is 257 g/mol. The summed E-state index contributed by atoms with van der Waals surface area (Å²) < 4.78 is 0. The smallest absolute Gasteiger partial charge is 0.236 e. The first-order chi connectivity index (χ1) is 8.42. The van der Waals surface area contributed by atoms with Crippen molar-refractivity contribution in [2.45, 2.75) is 26.7 Å². The van der Waals surface area contributed by atoms with E-state index < -0.39 is 0 Å².